The summed E-state index contributed by atoms with van der Waals surface area (Å²) in [6, 6.07) is 11.7. The molecule has 0 radical (unpaired) electrons. The second kappa shape index (κ2) is 8.88. The first kappa shape index (κ1) is 21.6. The molecule has 4 rings (SSSR count). The Bertz CT molecular complexity index is 1050. The van der Waals surface area contributed by atoms with Crippen molar-refractivity contribution in [2.45, 2.75) is 61.9 Å². The van der Waals surface area contributed by atoms with Gasteiger partial charge in [-0.1, -0.05) is 43.9 Å². The molecule has 2 aromatic carbocycles. The molecule has 164 valence electrons. The van der Waals surface area contributed by atoms with Crippen LogP contribution in [-0.2, 0) is 19.6 Å². The highest BCUT2D eigenvalue weighted by Crippen LogP contribution is 2.34. The zero-order valence-corrected chi connectivity index (χ0v) is 17.9. The van der Waals surface area contributed by atoms with Gasteiger partial charge in [-0.2, -0.15) is 4.31 Å². The Labute approximate surface area is 181 Å². The average molecular weight is 445 g/mol. The van der Waals surface area contributed by atoms with Crippen LogP contribution in [0.5, 0.6) is 0 Å². The van der Waals surface area contributed by atoms with Crippen molar-refractivity contribution in [1.82, 2.24) is 4.31 Å². The zero-order chi connectivity index (χ0) is 22.0. The quantitative estimate of drug-likeness (QED) is 0.518. The van der Waals surface area contributed by atoms with Crippen LogP contribution >= 0.6 is 0 Å². The molecule has 8 heteroatoms. The van der Waals surface area contributed by atoms with E-state index in [0.29, 0.717) is 18.5 Å². The predicted octanol–water partition coefficient (Wildman–Crippen LogP) is 3.87. The van der Waals surface area contributed by atoms with Crippen LogP contribution in [0.15, 0.2) is 59.5 Å². The third-order valence-corrected chi connectivity index (χ3v) is 7.99. The lowest BCUT2D eigenvalue weighted by atomic mass is 10.1. The molecule has 2 amide bonds. The number of carbonyl (C=O) groups is 2. The zero-order valence-electron chi connectivity index (χ0n) is 17.1. The van der Waals surface area contributed by atoms with Gasteiger partial charge in [0.1, 0.15) is 11.9 Å². The van der Waals surface area contributed by atoms with Gasteiger partial charge in [0, 0.05) is 6.04 Å². The third kappa shape index (κ3) is 4.27. The van der Waals surface area contributed by atoms with Gasteiger partial charge >= 0.3 is 0 Å². The molecule has 0 aromatic heterocycles. The number of rotatable bonds is 5. The molecule has 0 bridgehead atoms. The number of benzene rings is 2. The van der Waals surface area contributed by atoms with Gasteiger partial charge in [-0.3, -0.25) is 9.59 Å². The molecule has 1 heterocycles. The molecule has 2 aliphatic rings. The summed E-state index contributed by atoms with van der Waals surface area (Å²) >= 11 is 0. The molecule has 1 aliphatic heterocycles. The third-order valence-electron chi connectivity index (χ3n) is 6.02. The molecule has 6 nitrogen and oxygen atoms in total. The molecule has 0 N–H and O–H groups in total. The Morgan fingerprint density at radius 1 is 0.871 bits per heavy atom. The fourth-order valence-corrected chi connectivity index (χ4v) is 6.35. The molecule has 1 atom stereocenters. The van der Waals surface area contributed by atoms with E-state index in [1.54, 1.807) is 30.3 Å². The van der Waals surface area contributed by atoms with Gasteiger partial charge in [-0.25, -0.2) is 17.7 Å². The normalized spacial score (nSPS) is 21.0. The Morgan fingerprint density at radius 3 is 2.10 bits per heavy atom. The SMILES string of the molecule is O=C1CC(N(C2CCCCCC2)S(=O)(=O)c2ccc(F)cc2)C(=O)N1c1ccccc1. The van der Waals surface area contributed by atoms with Gasteiger partial charge in [-0.15, -0.1) is 0 Å². The molecule has 1 unspecified atom stereocenters. The summed E-state index contributed by atoms with van der Waals surface area (Å²) in [6.07, 6.45) is 4.79. The lowest BCUT2D eigenvalue weighted by Gasteiger charge is -2.33. The van der Waals surface area contributed by atoms with Crippen LogP contribution < -0.4 is 4.90 Å². The minimum absolute atomic E-state index is 0.0726. The number of para-hydroxylation sites is 1. The lowest BCUT2D eigenvalue weighted by Crippen LogP contribution is -2.50. The number of sulfonamides is 1. The van der Waals surface area contributed by atoms with Crippen molar-refractivity contribution in [3.05, 3.63) is 60.4 Å². The molecule has 1 saturated carbocycles. The van der Waals surface area contributed by atoms with Crippen LogP contribution in [0.1, 0.15) is 44.9 Å². The summed E-state index contributed by atoms with van der Waals surface area (Å²) in [5.74, 6) is -1.50. The lowest BCUT2D eigenvalue weighted by molar-refractivity contribution is -0.122. The first-order valence-electron chi connectivity index (χ1n) is 10.6. The van der Waals surface area contributed by atoms with Crippen LogP contribution in [0.2, 0.25) is 0 Å². The number of hydrogen-bond donors (Lipinski definition) is 0. The largest absolute Gasteiger partial charge is 0.274 e. The second-order valence-electron chi connectivity index (χ2n) is 8.06. The Hall–Kier alpha value is -2.58. The summed E-state index contributed by atoms with van der Waals surface area (Å²) in [6.45, 7) is 0. The van der Waals surface area contributed by atoms with Crippen molar-refractivity contribution < 1.29 is 22.4 Å². The number of hydrogen-bond acceptors (Lipinski definition) is 4. The van der Waals surface area contributed by atoms with Gasteiger partial charge < -0.3 is 0 Å². The number of amides is 2. The minimum Gasteiger partial charge on any atom is -0.274 e. The minimum atomic E-state index is -4.11. The number of carbonyl (C=O) groups excluding carboxylic acids is 2. The Kier molecular flexibility index (Phi) is 6.20. The van der Waals surface area contributed by atoms with E-state index in [1.807, 2.05) is 0 Å². The monoisotopic (exact) mass is 444 g/mol. The maximum Gasteiger partial charge on any atom is 0.252 e. The van der Waals surface area contributed by atoms with Crippen LogP contribution in [0, 0.1) is 5.82 Å². The van der Waals surface area contributed by atoms with Gasteiger partial charge in [0.05, 0.1) is 17.0 Å². The number of nitrogens with zero attached hydrogens (tertiary/aromatic N) is 2. The van der Waals surface area contributed by atoms with E-state index >= 15 is 0 Å². The first-order chi connectivity index (χ1) is 14.9. The van der Waals surface area contributed by atoms with Crippen molar-refractivity contribution in [3.8, 4) is 0 Å². The molecule has 2 fully saturated rings. The number of anilines is 1. The topological polar surface area (TPSA) is 74.8 Å². The average Bonchev–Trinajstić information content (AvgIpc) is 2.91. The summed E-state index contributed by atoms with van der Waals surface area (Å²) in [5, 5.41) is 0. The van der Waals surface area contributed by atoms with Crippen molar-refractivity contribution in [1.29, 1.82) is 0 Å². The standard InChI is InChI=1S/C23H25FN2O4S/c24-17-12-14-20(15-13-17)31(29,30)26(19-10-4-1-2-5-11-19)21-16-22(27)25(23(21)28)18-8-6-3-7-9-18/h3,6-9,12-15,19,21H,1-2,4-5,10-11,16H2. The van der Waals surface area contributed by atoms with E-state index < -0.39 is 33.7 Å². The van der Waals surface area contributed by atoms with Gasteiger partial charge in [0.15, 0.2) is 0 Å². The van der Waals surface area contributed by atoms with Gasteiger partial charge in [-0.05, 0) is 49.2 Å². The van der Waals surface area contributed by atoms with Crippen LogP contribution in [0.4, 0.5) is 10.1 Å². The molecular weight excluding hydrogens is 419 g/mol. The summed E-state index contributed by atoms with van der Waals surface area (Å²) in [5.41, 5.74) is 0.431. The van der Waals surface area contributed by atoms with Crippen molar-refractivity contribution in [3.63, 3.8) is 0 Å². The van der Waals surface area contributed by atoms with E-state index in [0.717, 1.165) is 42.7 Å². The molecule has 2 aromatic rings. The van der Waals surface area contributed by atoms with Crippen molar-refractivity contribution in [2.24, 2.45) is 0 Å². The van der Waals surface area contributed by atoms with Gasteiger partial charge in [0.2, 0.25) is 15.9 Å². The van der Waals surface area contributed by atoms with Gasteiger partial charge in [0.25, 0.3) is 5.91 Å². The summed E-state index contributed by atoms with van der Waals surface area (Å²) in [4.78, 5) is 27.2. The van der Waals surface area contributed by atoms with Crippen LogP contribution in [0.3, 0.4) is 0 Å². The fraction of sp³-hybridized carbons (Fsp3) is 0.391. The Morgan fingerprint density at radius 2 is 1.48 bits per heavy atom. The maximum absolute atomic E-state index is 13.7. The van der Waals surface area contributed by atoms with Crippen LogP contribution in [0.25, 0.3) is 0 Å². The van der Waals surface area contributed by atoms with E-state index in [1.165, 1.54) is 16.4 Å². The molecule has 31 heavy (non-hydrogen) atoms. The number of imide groups is 1. The highest BCUT2D eigenvalue weighted by atomic mass is 32.2. The first-order valence-corrected chi connectivity index (χ1v) is 12.0. The van der Waals surface area contributed by atoms with Crippen molar-refractivity contribution >= 4 is 27.5 Å². The second-order valence-corrected chi connectivity index (χ2v) is 9.90. The smallest absolute Gasteiger partial charge is 0.252 e. The number of halogens is 1. The molecule has 0 spiro atoms. The Balaban J connectivity index is 1.75. The van der Waals surface area contributed by atoms with Crippen molar-refractivity contribution in [2.75, 3.05) is 4.90 Å². The van der Waals surface area contributed by atoms with E-state index in [2.05, 4.69) is 0 Å². The molecule has 1 saturated heterocycles. The summed E-state index contributed by atoms with van der Waals surface area (Å²) in [7, 11) is -4.11. The maximum atomic E-state index is 13.7. The van der Waals surface area contributed by atoms with Crippen LogP contribution in [-0.4, -0.2) is 36.6 Å². The summed E-state index contributed by atoms with van der Waals surface area (Å²) < 4.78 is 42.0. The molecular formula is C23H25FN2O4S. The predicted molar refractivity (Wildman–Crippen MR) is 114 cm³/mol. The van der Waals surface area contributed by atoms with E-state index in [-0.39, 0.29) is 17.4 Å². The van der Waals surface area contributed by atoms with E-state index in [4.69, 9.17) is 0 Å². The fourth-order valence-electron chi connectivity index (χ4n) is 4.52. The highest BCUT2D eigenvalue weighted by Gasteiger charge is 2.49. The molecule has 1 aliphatic carbocycles. The highest BCUT2D eigenvalue weighted by molar-refractivity contribution is 7.89. The van der Waals surface area contributed by atoms with E-state index in [9.17, 15) is 22.4 Å².